The van der Waals surface area contributed by atoms with E-state index in [9.17, 15) is 19.8 Å². The predicted molar refractivity (Wildman–Crippen MR) is 69.0 cm³/mol. The number of hydrogen-bond donors (Lipinski definition) is 2. The second-order valence-corrected chi connectivity index (χ2v) is 4.52. The van der Waals surface area contributed by atoms with Crippen LogP contribution in [-0.4, -0.2) is 58.7 Å². The third-order valence-corrected chi connectivity index (χ3v) is 3.02. The van der Waals surface area contributed by atoms with Gasteiger partial charge in [0.25, 0.3) is 0 Å². The van der Waals surface area contributed by atoms with Gasteiger partial charge in [-0.3, -0.25) is 9.59 Å². The molecule has 12 nitrogen and oxygen atoms in total. The van der Waals surface area contributed by atoms with Gasteiger partial charge in [-0.25, -0.2) is 0 Å². The van der Waals surface area contributed by atoms with Gasteiger partial charge in [0, 0.05) is 23.7 Å². The number of carbonyl (C=O) groups excluding carboxylic acids is 2. The van der Waals surface area contributed by atoms with Crippen LogP contribution in [0.5, 0.6) is 0 Å². The molecule has 0 amide bonds. The second-order valence-electron chi connectivity index (χ2n) is 4.52. The molecule has 2 N–H and O–H groups in total. The number of nitrogens with zero attached hydrogens (tertiary/aromatic N) is 6. The number of aliphatic hydroxyl groups excluding tert-OH is 2. The van der Waals surface area contributed by atoms with Crippen LogP contribution in [0.25, 0.3) is 20.9 Å². The van der Waals surface area contributed by atoms with Gasteiger partial charge in [-0.15, -0.1) is 0 Å². The molecular weight excluding hydrogens is 300 g/mol. The largest absolute Gasteiger partial charge is 0.458 e. The zero-order valence-electron chi connectivity index (χ0n) is 11.7. The third kappa shape index (κ3) is 3.77. The molecule has 0 saturated heterocycles. The molecule has 0 aromatic rings. The molecule has 1 aliphatic rings. The maximum atomic E-state index is 11.2. The normalized spacial score (nSPS) is 33.8. The first-order valence-electron chi connectivity index (χ1n) is 6.12. The minimum atomic E-state index is -1.68. The number of esters is 2. The summed E-state index contributed by atoms with van der Waals surface area (Å²) in [6, 6.07) is -2.84. The predicted octanol–water partition coefficient (Wildman–Crippen LogP) is -0.0570. The summed E-state index contributed by atoms with van der Waals surface area (Å²) in [6.07, 6.45) is -6.18. The third-order valence-electron chi connectivity index (χ3n) is 3.02. The van der Waals surface area contributed by atoms with Crippen LogP contribution >= 0.6 is 0 Å². The summed E-state index contributed by atoms with van der Waals surface area (Å²) in [6.45, 7) is 2.11. The highest BCUT2D eigenvalue weighted by molar-refractivity contribution is 5.67. The molecule has 0 bridgehead atoms. The lowest BCUT2D eigenvalue weighted by atomic mass is 9.82. The standard InChI is InChI=1S/C10H14N6O6/c1-3(17)21-9-5(13-15-11)7(19)8(20)6(14-16-12)10(9)22-4(2)18/h5-10,19-20H,1-2H3/t5-,6-,7-,8+,9+,10+/m1/s1. The zero-order valence-corrected chi connectivity index (χ0v) is 11.7. The quantitative estimate of drug-likeness (QED) is 0.316. The fourth-order valence-corrected chi connectivity index (χ4v) is 2.23. The maximum Gasteiger partial charge on any atom is 0.303 e. The van der Waals surface area contributed by atoms with Crippen molar-refractivity contribution in [3.05, 3.63) is 20.9 Å². The minimum absolute atomic E-state index is 0.802. The first-order valence-corrected chi connectivity index (χ1v) is 6.12. The van der Waals surface area contributed by atoms with Crippen LogP contribution in [0, 0.1) is 0 Å². The molecular formula is C10H14N6O6. The van der Waals surface area contributed by atoms with Gasteiger partial charge in [-0.05, 0) is 11.1 Å². The second kappa shape index (κ2) is 7.48. The molecule has 0 aromatic heterocycles. The Morgan fingerprint density at radius 3 is 1.45 bits per heavy atom. The zero-order chi connectivity index (χ0) is 16.9. The highest BCUT2D eigenvalue weighted by Gasteiger charge is 2.52. The van der Waals surface area contributed by atoms with Crippen LogP contribution in [0.4, 0.5) is 0 Å². The number of carbonyl (C=O) groups is 2. The van der Waals surface area contributed by atoms with E-state index in [4.69, 9.17) is 20.5 Å². The molecule has 120 valence electrons. The summed E-state index contributed by atoms with van der Waals surface area (Å²) < 4.78 is 9.86. The Bertz CT molecular complexity index is 494. The Balaban J connectivity index is 3.33. The molecule has 22 heavy (non-hydrogen) atoms. The van der Waals surface area contributed by atoms with Gasteiger partial charge in [0.2, 0.25) is 0 Å². The van der Waals surface area contributed by atoms with Crippen molar-refractivity contribution in [3.63, 3.8) is 0 Å². The molecule has 1 rings (SSSR count). The van der Waals surface area contributed by atoms with Crippen molar-refractivity contribution >= 4 is 11.9 Å². The van der Waals surface area contributed by atoms with Gasteiger partial charge in [-0.2, -0.15) is 0 Å². The first-order chi connectivity index (χ1) is 10.3. The van der Waals surface area contributed by atoms with Gasteiger partial charge >= 0.3 is 11.9 Å². The van der Waals surface area contributed by atoms with E-state index in [0.29, 0.717) is 0 Å². The summed E-state index contributed by atoms with van der Waals surface area (Å²) in [5.74, 6) is -1.60. The van der Waals surface area contributed by atoms with Crippen LogP contribution in [0.15, 0.2) is 10.2 Å². The molecule has 6 atom stereocenters. The van der Waals surface area contributed by atoms with E-state index in [0.717, 1.165) is 13.8 Å². The lowest BCUT2D eigenvalue weighted by molar-refractivity contribution is -0.189. The number of hydrogen-bond acceptors (Lipinski definition) is 8. The summed E-state index contributed by atoms with van der Waals surface area (Å²) in [5.41, 5.74) is 17.1. The molecule has 1 fully saturated rings. The van der Waals surface area contributed by atoms with Gasteiger partial charge < -0.3 is 19.7 Å². The van der Waals surface area contributed by atoms with Crippen LogP contribution in [0.2, 0.25) is 0 Å². The fourth-order valence-electron chi connectivity index (χ4n) is 2.23. The molecule has 0 spiro atoms. The summed E-state index contributed by atoms with van der Waals surface area (Å²) >= 11 is 0. The van der Waals surface area contributed by atoms with E-state index >= 15 is 0 Å². The highest BCUT2D eigenvalue weighted by atomic mass is 16.6. The molecule has 0 radical (unpaired) electrons. The average molecular weight is 314 g/mol. The molecule has 0 unspecified atom stereocenters. The molecule has 0 aromatic carbocycles. The van der Waals surface area contributed by atoms with Crippen LogP contribution < -0.4 is 0 Å². The number of rotatable bonds is 4. The Morgan fingerprint density at radius 2 is 1.23 bits per heavy atom. The van der Waals surface area contributed by atoms with E-state index < -0.39 is 48.4 Å². The smallest absolute Gasteiger partial charge is 0.303 e. The van der Waals surface area contributed by atoms with Gasteiger partial charge in [-0.1, -0.05) is 10.2 Å². The minimum Gasteiger partial charge on any atom is -0.458 e. The Morgan fingerprint density at radius 1 is 0.909 bits per heavy atom. The lowest BCUT2D eigenvalue weighted by Gasteiger charge is -2.43. The van der Waals surface area contributed by atoms with Crippen molar-refractivity contribution in [3.8, 4) is 0 Å². The lowest BCUT2D eigenvalue weighted by Crippen LogP contribution is -2.64. The van der Waals surface area contributed by atoms with Crippen molar-refractivity contribution < 1.29 is 29.3 Å². The van der Waals surface area contributed by atoms with Crippen LogP contribution in [-0.2, 0) is 19.1 Å². The monoisotopic (exact) mass is 314 g/mol. The van der Waals surface area contributed by atoms with Crippen molar-refractivity contribution in [1.82, 2.24) is 0 Å². The summed E-state index contributed by atoms with van der Waals surface area (Å²) in [7, 11) is 0. The topological polar surface area (TPSA) is 191 Å². The van der Waals surface area contributed by atoms with E-state index in [1.165, 1.54) is 0 Å². The summed E-state index contributed by atoms with van der Waals surface area (Å²) in [4.78, 5) is 27.4. The van der Waals surface area contributed by atoms with Crippen molar-refractivity contribution in [1.29, 1.82) is 0 Å². The molecule has 1 saturated carbocycles. The number of ether oxygens (including phenoxy) is 2. The van der Waals surface area contributed by atoms with Gasteiger partial charge in [0.1, 0.15) is 12.1 Å². The fraction of sp³-hybridized carbons (Fsp3) is 0.800. The Kier molecular flexibility index (Phi) is 5.96. The Hall–Kier alpha value is -2.52. The van der Waals surface area contributed by atoms with Crippen molar-refractivity contribution in [2.45, 2.75) is 50.3 Å². The van der Waals surface area contributed by atoms with Gasteiger partial charge in [0.15, 0.2) is 12.2 Å². The van der Waals surface area contributed by atoms with Crippen LogP contribution in [0.3, 0.4) is 0 Å². The SMILES string of the molecule is CC(=O)O[C@H]1[C@H](N=[N+]=[N-])[C@H](O)[C@H](O)[C@@H](N=[N+]=[N-])[C@@H]1OC(C)=O. The van der Waals surface area contributed by atoms with Crippen LogP contribution in [0.1, 0.15) is 13.8 Å². The highest BCUT2D eigenvalue weighted by Crippen LogP contribution is 2.30. The van der Waals surface area contributed by atoms with E-state index in [1.54, 1.807) is 0 Å². The number of azide groups is 2. The van der Waals surface area contributed by atoms with Crippen molar-refractivity contribution in [2.24, 2.45) is 10.2 Å². The number of aliphatic hydroxyl groups is 2. The first kappa shape index (κ1) is 17.5. The van der Waals surface area contributed by atoms with Gasteiger partial charge in [0.05, 0.1) is 12.2 Å². The van der Waals surface area contributed by atoms with E-state index in [2.05, 4.69) is 20.1 Å². The van der Waals surface area contributed by atoms with E-state index in [-0.39, 0.29) is 0 Å². The summed E-state index contributed by atoms with van der Waals surface area (Å²) in [5, 5.41) is 26.5. The van der Waals surface area contributed by atoms with E-state index in [1.807, 2.05) is 0 Å². The average Bonchev–Trinajstić information content (AvgIpc) is 2.43. The molecule has 0 heterocycles. The van der Waals surface area contributed by atoms with Crippen molar-refractivity contribution in [2.75, 3.05) is 0 Å². The Labute approximate surface area is 123 Å². The maximum absolute atomic E-state index is 11.2. The molecule has 12 heteroatoms. The molecule has 0 aliphatic heterocycles. The molecule has 1 aliphatic carbocycles.